The van der Waals surface area contributed by atoms with E-state index in [-0.39, 0.29) is 30.8 Å². The molecule has 7 N–H and O–H groups in total. The van der Waals surface area contributed by atoms with Crippen LogP contribution in [0.25, 0.3) is 0 Å². The molecule has 2 unspecified atom stereocenters. The number of fused-ring (bicyclic) bond motifs is 5. The maximum Gasteiger partial charge on any atom is 0.408 e. The second kappa shape index (κ2) is 13.6. The van der Waals surface area contributed by atoms with E-state index >= 15 is 4.39 Å². The Balaban J connectivity index is 1.22. The van der Waals surface area contributed by atoms with Gasteiger partial charge in [0.2, 0.25) is 5.78 Å². The number of benzene rings is 1. The van der Waals surface area contributed by atoms with Crippen LogP contribution in [0.1, 0.15) is 55.5 Å². The quantitative estimate of drug-likeness (QED) is 0.126. The zero-order valence-electron chi connectivity index (χ0n) is 27.2. The van der Waals surface area contributed by atoms with Gasteiger partial charge in [0.15, 0.2) is 29.7 Å². The highest BCUT2D eigenvalue weighted by Gasteiger charge is 2.76. The van der Waals surface area contributed by atoms with Crippen LogP contribution in [-0.4, -0.2) is 109 Å². The molecular formula is C33H39FN2O14. The average Bonchev–Trinajstić information content (AvgIpc) is 3.26. The smallest absolute Gasteiger partial charge is 0.408 e. The van der Waals surface area contributed by atoms with E-state index in [9.17, 15) is 44.4 Å². The number of amides is 1. The van der Waals surface area contributed by atoms with E-state index < -0.39 is 101 Å². The normalized spacial score (nSPS) is 34.9. The lowest BCUT2D eigenvalue weighted by molar-refractivity contribution is -0.497. The van der Waals surface area contributed by atoms with Crippen molar-refractivity contribution in [2.24, 2.45) is 22.7 Å². The van der Waals surface area contributed by atoms with Crippen LogP contribution in [0.15, 0.2) is 48.1 Å². The lowest BCUT2D eigenvalue weighted by Gasteiger charge is -2.62. The van der Waals surface area contributed by atoms with Gasteiger partial charge in [0.05, 0.1) is 29.8 Å². The van der Waals surface area contributed by atoms with Crippen LogP contribution >= 0.6 is 0 Å². The van der Waals surface area contributed by atoms with Crippen LogP contribution in [0.5, 0.6) is 0 Å². The summed E-state index contributed by atoms with van der Waals surface area (Å²) in [5.41, 5.74) is -6.95. The van der Waals surface area contributed by atoms with E-state index in [0.29, 0.717) is 17.6 Å². The number of carbonyl (C=O) groups excluding carboxylic acids is 4. The molecule has 4 aliphatic rings. The number of ketones is 2. The number of ether oxygens (including phenoxy) is 2. The second-order valence-corrected chi connectivity index (χ2v) is 13.6. The first-order valence-electron chi connectivity index (χ1n) is 15.9. The van der Waals surface area contributed by atoms with Crippen LogP contribution in [0.2, 0.25) is 0 Å². The summed E-state index contributed by atoms with van der Waals surface area (Å²) in [5, 5.41) is 62.7. The number of alkyl halides is 1. The molecule has 1 amide bonds. The molecule has 0 bridgehead atoms. The van der Waals surface area contributed by atoms with Crippen LogP contribution in [0.4, 0.5) is 9.18 Å². The summed E-state index contributed by atoms with van der Waals surface area (Å²) in [6.45, 7) is 0.734. The zero-order chi connectivity index (χ0) is 36.8. The number of aliphatic carboxylic acids is 1. The Kier molecular flexibility index (Phi) is 10.1. The molecule has 5 rings (SSSR count). The second-order valence-electron chi connectivity index (χ2n) is 13.6. The van der Waals surface area contributed by atoms with E-state index in [0.717, 1.165) is 0 Å². The average molecular weight is 707 g/mol. The third kappa shape index (κ3) is 6.12. The molecule has 17 heteroatoms. The van der Waals surface area contributed by atoms with Gasteiger partial charge in [-0.15, -0.1) is 0 Å². The number of carboxylic acid groups (broad SMARTS) is 1. The SMILES string of the molecule is C[C@]12C[C@H](O)[C@@]3(F)[C@@H](CCC4=CC(=O)C=C[C@@]43C)[C@@H]1C[C@@H](O)C2(O)C(=O)COC(=O)NC(COC(=O)c1cccc(CON(O)O)c1)C(=O)O. The minimum absolute atomic E-state index is 0.0524. The molecular weight excluding hydrogens is 667 g/mol. The fraction of sp³-hybridized carbons (Fsp3) is 0.545. The highest BCUT2D eigenvalue weighted by molar-refractivity contribution is 6.01. The van der Waals surface area contributed by atoms with Crippen molar-refractivity contribution < 1.29 is 73.5 Å². The number of allylic oxidation sites excluding steroid dienone is 4. The summed E-state index contributed by atoms with van der Waals surface area (Å²) in [4.78, 5) is 66.9. The summed E-state index contributed by atoms with van der Waals surface area (Å²) in [6, 6.07) is 3.69. The number of nitrogens with zero attached hydrogens (tertiary/aromatic N) is 1. The Morgan fingerprint density at radius 1 is 1.10 bits per heavy atom. The zero-order valence-corrected chi connectivity index (χ0v) is 27.2. The van der Waals surface area contributed by atoms with Gasteiger partial charge in [0.1, 0.15) is 6.61 Å². The van der Waals surface area contributed by atoms with Gasteiger partial charge in [-0.2, -0.15) is 0 Å². The number of aliphatic hydroxyl groups excluding tert-OH is 2. The molecule has 272 valence electrons. The molecule has 3 saturated carbocycles. The largest absolute Gasteiger partial charge is 0.480 e. The number of Topliss-reactive ketones (excluding diaryl/α,β-unsaturated/α-hetero) is 1. The van der Waals surface area contributed by atoms with Crippen molar-refractivity contribution in [3.05, 3.63) is 59.2 Å². The molecule has 0 saturated heterocycles. The van der Waals surface area contributed by atoms with Crippen LogP contribution < -0.4 is 5.32 Å². The summed E-state index contributed by atoms with van der Waals surface area (Å²) in [7, 11) is 0. The van der Waals surface area contributed by atoms with E-state index in [4.69, 9.17) is 19.9 Å². The van der Waals surface area contributed by atoms with E-state index in [1.54, 1.807) is 6.92 Å². The number of halogens is 1. The lowest BCUT2D eigenvalue weighted by atomic mass is 9.44. The standard InChI is InChI=1S/C33H39FN2O14/c1-30-9-8-20(37)11-19(30)6-7-21-22-12-24(38)33(45,31(22,2)13-25(39)32(21,30)34)26(40)16-49-29(44)35-23(27(41)42)15-48-28(43)18-5-3-4-17(10-18)14-50-36(46)47/h3-5,8-11,21-25,38-39,45-47H,6-7,12-16H2,1-2H3,(H,35,44)(H,41,42)/t21-,22-,23?,24+,25-,30-,31-,32-,33?/m0/s1. The Hall–Kier alpha value is -4.10. The van der Waals surface area contributed by atoms with Crippen molar-refractivity contribution in [1.82, 2.24) is 10.7 Å². The van der Waals surface area contributed by atoms with Gasteiger partial charge in [-0.05, 0) is 68.4 Å². The first-order chi connectivity index (χ1) is 23.4. The fourth-order valence-corrected chi connectivity index (χ4v) is 8.49. The number of aliphatic hydroxyl groups is 3. The minimum atomic E-state index is -2.58. The topological polar surface area (TPSA) is 250 Å². The van der Waals surface area contributed by atoms with Gasteiger partial charge >= 0.3 is 18.0 Å². The predicted molar refractivity (Wildman–Crippen MR) is 163 cm³/mol. The molecule has 9 atom stereocenters. The van der Waals surface area contributed by atoms with Gasteiger partial charge in [0, 0.05) is 16.7 Å². The summed E-state index contributed by atoms with van der Waals surface area (Å²) >= 11 is 0. The summed E-state index contributed by atoms with van der Waals surface area (Å²) < 4.78 is 27.2. The third-order valence-corrected chi connectivity index (χ3v) is 11.1. The number of alkyl carbamates (subject to hydrolysis) is 1. The number of hydrogen-bond acceptors (Lipinski definition) is 14. The molecule has 50 heavy (non-hydrogen) atoms. The molecule has 0 spiro atoms. The minimum Gasteiger partial charge on any atom is -0.480 e. The van der Waals surface area contributed by atoms with E-state index in [1.807, 2.05) is 5.32 Å². The van der Waals surface area contributed by atoms with Crippen LogP contribution in [-0.2, 0) is 35.3 Å². The Labute approximate surface area is 284 Å². The number of rotatable bonds is 11. The Morgan fingerprint density at radius 3 is 2.50 bits per heavy atom. The molecule has 1 aromatic carbocycles. The van der Waals surface area contributed by atoms with Gasteiger partial charge < -0.3 is 35.2 Å². The highest BCUT2D eigenvalue weighted by atomic mass is 19.1. The predicted octanol–water partition coefficient (Wildman–Crippen LogP) is 1.18. The highest BCUT2D eigenvalue weighted by Crippen LogP contribution is 2.69. The lowest BCUT2D eigenvalue weighted by Crippen LogP contribution is -2.69. The maximum absolute atomic E-state index is 17.3. The van der Waals surface area contributed by atoms with E-state index in [2.05, 4.69) is 4.84 Å². The Morgan fingerprint density at radius 2 is 1.82 bits per heavy atom. The van der Waals surface area contributed by atoms with Crippen molar-refractivity contribution in [3.63, 3.8) is 0 Å². The molecule has 1 aromatic rings. The van der Waals surface area contributed by atoms with Crippen LogP contribution in [0, 0.1) is 22.7 Å². The monoisotopic (exact) mass is 706 g/mol. The van der Waals surface area contributed by atoms with Gasteiger partial charge in [-0.3, -0.25) is 20.0 Å². The fourth-order valence-electron chi connectivity index (χ4n) is 8.49. The number of esters is 1. The number of carbonyl (C=O) groups is 5. The molecule has 0 radical (unpaired) electrons. The van der Waals surface area contributed by atoms with E-state index in [1.165, 1.54) is 49.4 Å². The van der Waals surface area contributed by atoms with Crippen molar-refractivity contribution in [2.75, 3.05) is 13.2 Å². The summed E-state index contributed by atoms with van der Waals surface area (Å²) in [6.07, 6.45) is -0.935. The third-order valence-electron chi connectivity index (χ3n) is 11.1. The molecule has 0 heterocycles. The van der Waals surface area contributed by atoms with Crippen LogP contribution in [0.3, 0.4) is 0 Å². The van der Waals surface area contributed by atoms with Crippen molar-refractivity contribution in [3.8, 4) is 0 Å². The maximum atomic E-state index is 17.3. The Bertz CT molecular complexity index is 1630. The van der Waals surface area contributed by atoms with Crippen molar-refractivity contribution >= 4 is 29.6 Å². The summed E-state index contributed by atoms with van der Waals surface area (Å²) in [5.74, 6) is -5.78. The molecule has 4 aliphatic carbocycles. The number of carboxylic acids is 1. The van der Waals surface area contributed by atoms with Gasteiger partial charge in [0.25, 0.3) is 0 Å². The number of hydrogen-bond donors (Lipinski definition) is 7. The molecule has 3 fully saturated rings. The number of nitrogens with one attached hydrogen (secondary N) is 1. The molecule has 16 nitrogen and oxygen atoms in total. The van der Waals surface area contributed by atoms with Gasteiger partial charge in [-0.1, -0.05) is 30.7 Å². The van der Waals surface area contributed by atoms with Crippen molar-refractivity contribution in [1.29, 1.82) is 0 Å². The van der Waals surface area contributed by atoms with Gasteiger partial charge in [-0.25, -0.2) is 23.6 Å². The van der Waals surface area contributed by atoms with Crippen molar-refractivity contribution in [2.45, 2.75) is 75.7 Å². The first-order valence-corrected chi connectivity index (χ1v) is 15.9. The molecule has 0 aromatic heterocycles. The molecule has 0 aliphatic heterocycles. The first kappa shape index (κ1) is 37.2.